The van der Waals surface area contributed by atoms with Crippen LogP contribution in [0.4, 0.5) is 0 Å². The second-order valence-electron chi connectivity index (χ2n) is 6.41. The Hall–Kier alpha value is -1.41. The molecule has 0 aliphatic carbocycles. The van der Waals surface area contributed by atoms with E-state index in [9.17, 15) is 9.59 Å². The molecule has 0 spiro atoms. The number of hydrazone groups is 1. The molecule has 0 heterocycles. The zero-order valence-corrected chi connectivity index (χ0v) is 18.8. The fourth-order valence-electron chi connectivity index (χ4n) is 2.45. The SMILES string of the molecule is C/C(CC(=O)N(C(C)C)C(C)C)=N/NC(=O)COc1ccc(Br)cc1Br. The molecule has 26 heavy (non-hydrogen) atoms. The Morgan fingerprint density at radius 3 is 2.35 bits per heavy atom. The first kappa shape index (κ1) is 22.6. The van der Waals surface area contributed by atoms with Crippen molar-refractivity contribution < 1.29 is 14.3 Å². The van der Waals surface area contributed by atoms with Gasteiger partial charge in [0.05, 0.1) is 10.9 Å². The molecule has 0 aromatic heterocycles. The molecule has 144 valence electrons. The van der Waals surface area contributed by atoms with E-state index in [4.69, 9.17) is 4.74 Å². The fraction of sp³-hybridized carbons (Fsp3) is 0.500. The molecule has 0 aliphatic heterocycles. The van der Waals surface area contributed by atoms with Crippen LogP contribution in [-0.4, -0.2) is 41.1 Å². The molecule has 1 aromatic rings. The average molecular weight is 491 g/mol. The minimum absolute atomic E-state index is 0.0134. The molecule has 0 saturated heterocycles. The first-order valence-electron chi connectivity index (χ1n) is 8.32. The van der Waals surface area contributed by atoms with Gasteiger partial charge in [-0.15, -0.1) is 0 Å². The van der Waals surface area contributed by atoms with Crippen LogP contribution in [0.2, 0.25) is 0 Å². The van der Waals surface area contributed by atoms with Crippen LogP contribution in [-0.2, 0) is 9.59 Å². The number of rotatable bonds is 8. The molecule has 0 radical (unpaired) electrons. The van der Waals surface area contributed by atoms with Gasteiger partial charge in [-0.3, -0.25) is 9.59 Å². The van der Waals surface area contributed by atoms with Crippen molar-refractivity contribution in [2.24, 2.45) is 5.10 Å². The van der Waals surface area contributed by atoms with Crippen molar-refractivity contribution in [3.8, 4) is 5.75 Å². The molecule has 1 rings (SSSR count). The highest BCUT2D eigenvalue weighted by molar-refractivity contribution is 9.11. The zero-order valence-electron chi connectivity index (χ0n) is 15.7. The quantitative estimate of drug-likeness (QED) is 0.440. The molecule has 0 saturated carbocycles. The Morgan fingerprint density at radius 2 is 1.81 bits per heavy atom. The van der Waals surface area contributed by atoms with Gasteiger partial charge in [0.1, 0.15) is 5.75 Å². The lowest BCUT2D eigenvalue weighted by Gasteiger charge is -2.30. The summed E-state index contributed by atoms with van der Waals surface area (Å²) in [5, 5.41) is 3.98. The van der Waals surface area contributed by atoms with E-state index in [1.54, 1.807) is 17.9 Å². The first-order valence-corrected chi connectivity index (χ1v) is 9.91. The summed E-state index contributed by atoms with van der Waals surface area (Å²) in [7, 11) is 0. The minimum Gasteiger partial charge on any atom is -0.483 e. The largest absolute Gasteiger partial charge is 0.483 e. The number of carbonyl (C=O) groups is 2. The Kier molecular flexibility index (Phi) is 9.29. The van der Waals surface area contributed by atoms with E-state index in [-0.39, 0.29) is 31.0 Å². The van der Waals surface area contributed by atoms with Crippen LogP contribution in [0.5, 0.6) is 5.75 Å². The summed E-state index contributed by atoms with van der Waals surface area (Å²) in [6.07, 6.45) is 0.162. The summed E-state index contributed by atoms with van der Waals surface area (Å²) in [5.41, 5.74) is 2.96. The summed E-state index contributed by atoms with van der Waals surface area (Å²) in [4.78, 5) is 26.0. The number of amides is 2. The number of nitrogens with zero attached hydrogens (tertiary/aromatic N) is 2. The Morgan fingerprint density at radius 1 is 1.19 bits per heavy atom. The molecule has 0 fully saturated rings. The van der Waals surface area contributed by atoms with Crippen LogP contribution in [0.15, 0.2) is 32.2 Å². The van der Waals surface area contributed by atoms with Gasteiger partial charge >= 0.3 is 0 Å². The number of benzene rings is 1. The lowest BCUT2D eigenvalue weighted by molar-refractivity contribution is -0.133. The predicted octanol–water partition coefficient (Wildman–Crippen LogP) is 4.12. The monoisotopic (exact) mass is 489 g/mol. The highest BCUT2D eigenvalue weighted by Crippen LogP contribution is 2.28. The van der Waals surface area contributed by atoms with E-state index in [0.29, 0.717) is 11.5 Å². The third-order valence-electron chi connectivity index (χ3n) is 3.43. The molecule has 8 heteroatoms. The summed E-state index contributed by atoms with van der Waals surface area (Å²) < 4.78 is 7.09. The topological polar surface area (TPSA) is 71.0 Å². The average Bonchev–Trinajstić information content (AvgIpc) is 2.51. The van der Waals surface area contributed by atoms with Gasteiger partial charge in [0.15, 0.2) is 6.61 Å². The molecule has 1 aromatic carbocycles. The smallest absolute Gasteiger partial charge is 0.277 e. The Balaban J connectivity index is 2.52. The number of hydrogen-bond acceptors (Lipinski definition) is 4. The van der Waals surface area contributed by atoms with Gasteiger partial charge in [-0.1, -0.05) is 15.9 Å². The van der Waals surface area contributed by atoms with Crippen LogP contribution >= 0.6 is 31.9 Å². The van der Waals surface area contributed by atoms with Gasteiger partial charge < -0.3 is 9.64 Å². The van der Waals surface area contributed by atoms with Crippen molar-refractivity contribution in [2.75, 3.05) is 6.61 Å². The summed E-state index contributed by atoms with van der Waals surface area (Å²) in [5.74, 6) is 0.153. The minimum atomic E-state index is -0.392. The Bertz CT molecular complexity index is 668. The molecule has 6 nitrogen and oxygen atoms in total. The number of carbonyl (C=O) groups excluding carboxylic acids is 2. The van der Waals surface area contributed by atoms with Crippen molar-refractivity contribution in [3.05, 3.63) is 27.1 Å². The van der Waals surface area contributed by atoms with Crippen LogP contribution in [0.1, 0.15) is 41.0 Å². The summed E-state index contributed by atoms with van der Waals surface area (Å²) in [6.45, 7) is 9.44. The van der Waals surface area contributed by atoms with Gasteiger partial charge in [-0.05, 0) is 68.7 Å². The highest BCUT2D eigenvalue weighted by atomic mass is 79.9. The van der Waals surface area contributed by atoms with E-state index >= 15 is 0 Å². The molecular formula is C18H25Br2N3O3. The fourth-order valence-corrected chi connectivity index (χ4v) is 3.61. The van der Waals surface area contributed by atoms with Crippen molar-refractivity contribution in [1.29, 1.82) is 0 Å². The first-order chi connectivity index (χ1) is 12.1. The predicted molar refractivity (Wildman–Crippen MR) is 110 cm³/mol. The van der Waals surface area contributed by atoms with Crippen molar-refractivity contribution >= 4 is 49.4 Å². The Labute approximate surface area is 171 Å². The molecule has 0 atom stereocenters. The van der Waals surface area contributed by atoms with Gasteiger partial charge in [0, 0.05) is 22.3 Å². The van der Waals surface area contributed by atoms with E-state index in [0.717, 1.165) is 8.95 Å². The maximum atomic E-state index is 12.4. The molecule has 2 amide bonds. The maximum Gasteiger partial charge on any atom is 0.277 e. The van der Waals surface area contributed by atoms with Gasteiger partial charge in [-0.25, -0.2) is 5.43 Å². The van der Waals surface area contributed by atoms with Crippen LogP contribution < -0.4 is 10.2 Å². The van der Waals surface area contributed by atoms with Crippen molar-refractivity contribution in [1.82, 2.24) is 10.3 Å². The zero-order chi connectivity index (χ0) is 19.9. The second-order valence-corrected chi connectivity index (χ2v) is 8.18. The van der Waals surface area contributed by atoms with E-state index in [2.05, 4.69) is 42.4 Å². The normalized spacial score (nSPS) is 11.7. The number of halogens is 2. The molecule has 1 N–H and O–H groups in total. The van der Waals surface area contributed by atoms with Crippen LogP contribution in [0.3, 0.4) is 0 Å². The van der Waals surface area contributed by atoms with Gasteiger partial charge in [-0.2, -0.15) is 5.10 Å². The lowest BCUT2D eigenvalue weighted by Crippen LogP contribution is -2.42. The highest BCUT2D eigenvalue weighted by Gasteiger charge is 2.20. The number of ether oxygens (including phenoxy) is 1. The number of hydrogen-bond donors (Lipinski definition) is 1. The second kappa shape index (κ2) is 10.7. The lowest BCUT2D eigenvalue weighted by atomic mass is 10.2. The van der Waals surface area contributed by atoms with Crippen molar-refractivity contribution in [2.45, 2.75) is 53.1 Å². The number of nitrogens with one attached hydrogen (secondary N) is 1. The van der Waals surface area contributed by atoms with Crippen LogP contribution in [0, 0.1) is 0 Å². The van der Waals surface area contributed by atoms with Crippen molar-refractivity contribution in [3.63, 3.8) is 0 Å². The van der Waals surface area contributed by atoms with Gasteiger partial charge in [0.2, 0.25) is 5.91 Å². The summed E-state index contributed by atoms with van der Waals surface area (Å²) in [6, 6.07) is 5.63. The van der Waals surface area contributed by atoms with Gasteiger partial charge in [0.25, 0.3) is 5.91 Å². The standard InChI is InChI=1S/C18H25Br2N3O3/c1-11(2)23(12(3)4)18(25)8-13(5)21-22-17(24)10-26-16-7-6-14(19)9-15(16)20/h6-7,9,11-12H,8,10H2,1-5H3,(H,22,24)/b21-13-. The molecule has 0 aliphatic rings. The third kappa shape index (κ3) is 7.45. The molecular weight excluding hydrogens is 466 g/mol. The van der Waals surface area contributed by atoms with E-state index < -0.39 is 5.91 Å². The molecule has 0 unspecified atom stereocenters. The van der Waals surface area contributed by atoms with E-state index in [1.807, 2.05) is 39.8 Å². The van der Waals surface area contributed by atoms with Crippen LogP contribution in [0.25, 0.3) is 0 Å². The molecule has 0 bridgehead atoms. The van der Waals surface area contributed by atoms with E-state index in [1.165, 1.54) is 0 Å². The summed E-state index contributed by atoms with van der Waals surface area (Å²) >= 11 is 6.72. The third-order valence-corrected chi connectivity index (χ3v) is 4.54. The maximum absolute atomic E-state index is 12.4.